The van der Waals surface area contributed by atoms with Crippen molar-refractivity contribution < 1.29 is 0 Å². The third kappa shape index (κ3) is 1.83. The molecule has 0 atom stereocenters. The van der Waals surface area contributed by atoms with E-state index in [1.54, 1.807) is 11.0 Å². The zero-order valence-corrected chi connectivity index (χ0v) is 5.54. The molecule has 49 valence electrons. The van der Waals surface area contributed by atoms with E-state index in [1.165, 1.54) is 6.42 Å². The first kappa shape index (κ1) is 6.26. The maximum Gasteiger partial charge on any atom is 0.220 e. The summed E-state index contributed by atoms with van der Waals surface area (Å²) in [6, 6.07) is 0. The first-order chi connectivity index (χ1) is 4.43. The minimum atomic E-state index is 0.965. The maximum absolute atomic E-state index is 3.83. The topological polar surface area (TPSA) is 30.7 Å². The van der Waals surface area contributed by atoms with Gasteiger partial charge in [0.1, 0.15) is 6.33 Å². The van der Waals surface area contributed by atoms with Gasteiger partial charge in [-0.1, -0.05) is 13.3 Å². The fourth-order valence-electron chi connectivity index (χ4n) is 0.629. The lowest BCUT2D eigenvalue weighted by molar-refractivity contribution is 0.569. The molecule has 1 rings (SSSR count). The molecule has 0 aliphatic rings. The predicted molar refractivity (Wildman–Crippen MR) is 33.8 cm³/mol. The lowest BCUT2D eigenvalue weighted by Gasteiger charge is -1.94. The number of aryl methyl sites for hydroxylation is 1. The molecular formula is C6H10N3. The summed E-state index contributed by atoms with van der Waals surface area (Å²) in [6.45, 7) is 3.12. The van der Waals surface area contributed by atoms with Crippen LogP contribution in [-0.4, -0.2) is 14.8 Å². The highest BCUT2D eigenvalue weighted by Crippen LogP contribution is 1.89. The van der Waals surface area contributed by atoms with Gasteiger partial charge in [0.15, 0.2) is 0 Å². The SMILES string of the molecule is CCCCn1cn[c]n1. The Kier molecular flexibility index (Phi) is 2.24. The van der Waals surface area contributed by atoms with Gasteiger partial charge in [-0.25, -0.2) is 4.98 Å². The zero-order valence-electron chi connectivity index (χ0n) is 5.54. The second-order valence-corrected chi connectivity index (χ2v) is 1.96. The lowest BCUT2D eigenvalue weighted by Crippen LogP contribution is -1.96. The van der Waals surface area contributed by atoms with Crippen LogP contribution in [0.25, 0.3) is 0 Å². The highest BCUT2D eigenvalue weighted by atomic mass is 15.3. The molecule has 0 saturated carbocycles. The fraction of sp³-hybridized carbons (Fsp3) is 0.667. The molecular weight excluding hydrogens is 114 g/mol. The van der Waals surface area contributed by atoms with Crippen LogP contribution >= 0.6 is 0 Å². The molecule has 0 N–H and O–H groups in total. The monoisotopic (exact) mass is 124 g/mol. The normalized spacial score (nSPS) is 9.89. The summed E-state index contributed by atoms with van der Waals surface area (Å²) in [4.78, 5) is 3.70. The van der Waals surface area contributed by atoms with Crippen molar-refractivity contribution in [3.63, 3.8) is 0 Å². The highest BCUT2D eigenvalue weighted by Gasteiger charge is 1.87. The number of hydrogen-bond acceptors (Lipinski definition) is 2. The van der Waals surface area contributed by atoms with E-state index in [2.05, 4.69) is 23.3 Å². The van der Waals surface area contributed by atoms with E-state index in [-0.39, 0.29) is 0 Å². The van der Waals surface area contributed by atoms with Crippen LogP contribution in [0, 0.1) is 6.33 Å². The quantitative estimate of drug-likeness (QED) is 0.598. The van der Waals surface area contributed by atoms with Crippen LogP contribution in [0.3, 0.4) is 0 Å². The predicted octanol–water partition coefficient (Wildman–Crippen LogP) is 0.878. The number of aromatic nitrogens is 3. The van der Waals surface area contributed by atoms with E-state index in [1.807, 2.05) is 0 Å². The summed E-state index contributed by atoms with van der Waals surface area (Å²) in [6.07, 6.45) is 6.55. The number of rotatable bonds is 3. The molecule has 0 aromatic carbocycles. The second kappa shape index (κ2) is 3.22. The summed E-state index contributed by atoms with van der Waals surface area (Å²) < 4.78 is 1.80. The first-order valence-electron chi connectivity index (χ1n) is 3.19. The Hall–Kier alpha value is -0.860. The van der Waals surface area contributed by atoms with E-state index in [9.17, 15) is 0 Å². The van der Waals surface area contributed by atoms with Gasteiger partial charge in [-0.3, -0.25) is 4.68 Å². The molecule has 1 heterocycles. The average molecular weight is 124 g/mol. The van der Waals surface area contributed by atoms with Crippen molar-refractivity contribution in [1.82, 2.24) is 14.8 Å². The fourth-order valence-corrected chi connectivity index (χ4v) is 0.629. The molecule has 0 amide bonds. The minimum absolute atomic E-state index is 0.965. The molecule has 0 aliphatic carbocycles. The molecule has 0 saturated heterocycles. The van der Waals surface area contributed by atoms with Gasteiger partial charge in [-0.15, -0.1) is 5.10 Å². The van der Waals surface area contributed by atoms with Gasteiger partial charge in [-0.2, -0.15) is 0 Å². The van der Waals surface area contributed by atoms with Gasteiger partial charge >= 0.3 is 0 Å². The first-order valence-corrected chi connectivity index (χ1v) is 3.19. The molecule has 1 aromatic rings. The van der Waals surface area contributed by atoms with Crippen LogP contribution in [0.15, 0.2) is 6.33 Å². The van der Waals surface area contributed by atoms with Crippen molar-refractivity contribution in [2.75, 3.05) is 0 Å². The van der Waals surface area contributed by atoms with Crippen molar-refractivity contribution in [3.05, 3.63) is 12.7 Å². The molecule has 1 aromatic heterocycles. The van der Waals surface area contributed by atoms with Crippen LogP contribution in [0.1, 0.15) is 19.8 Å². The van der Waals surface area contributed by atoms with Crippen molar-refractivity contribution >= 4 is 0 Å². The molecule has 3 heteroatoms. The van der Waals surface area contributed by atoms with E-state index in [0.29, 0.717) is 0 Å². The number of hydrogen-bond donors (Lipinski definition) is 0. The van der Waals surface area contributed by atoms with Gasteiger partial charge in [0.05, 0.1) is 0 Å². The molecule has 9 heavy (non-hydrogen) atoms. The largest absolute Gasteiger partial charge is 0.252 e. The standard InChI is InChI=1S/C6H10N3/c1-2-3-4-9-6-7-5-8-9/h6H,2-4H2,1H3. The Morgan fingerprint density at radius 1 is 1.67 bits per heavy atom. The second-order valence-electron chi connectivity index (χ2n) is 1.96. The Labute approximate surface area is 54.7 Å². The van der Waals surface area contributed by atoms with Crippen LogP contribution in [-0.2, 0) is 6.54 Å². The lowest BCUT2D eigenvalue weighted by atomic mass is 10.3. The smallest absolute Gasteiger partial charge is 0.220 e. The van der Waals surface area contributed by atoms with Crippen molar-refractivity contribution in [2.45, 2.75) is 26.3 Å². The molecule has 0 fully saturated rings. The molecule has 0 aliphatic heterocycles. The van der Waals surface area contributed by atoms with Crippen molar-refractivity contribution in [1.29, 1.82) is 0 Å². The van der Waals surface area contributed by atoms with Gasteiger partial charge in [0.2, 0.25) is 6.33 Å². The van der Waals surface area contributed by atoms with E-state index < -0.39 is 0 Å². The van der Waals surface area contributed by atoms with Gasteiger partial charge in [0, 0.05) is 6.54 Å². The molecule has 0 unspecified atom stereocenters. The third-order valence-electron chi connectivity index (χ3n) is 1.16. The molecule has 1 radical (unpaired) electrons. The van der Waals surface area contributed by atoms with Gasteiger partial charge < -0.3 is 0 Å². The molecule has 3 nitrogen and oxygen atoms in total. The molecule has 0 spiro atoms. The maximum atomic E-state index is 3.83. The van der Waals surface area contributed by atoms with Gasteiger partial charge in [-0.05, 0) is 6.42 Å². The number of unbranched alkanes of at least 4 members (excludes halogenated alkanes) is 1. The van der Waals surface area contributed by atoms with Crippen molar-refractivity contribution in [2.24, 2.45) is 0 Å². The zero-order chi connectivity index (χ0) is 6.53. The average Bonchev–Trinajstić information content (AvgIpc) is 2.34. The Balaban J connectivity index is 2.30. The van der Waals surface area contributed by atoms with E-state index >= 15 is 0 Å². The Bertz CT molecular complexity index is 145. The van der Waals surface area contributed by atoms with E-state index in [0.717, 1.165) is 13.0 Å². The molecule has 0 bridgehead atoms. The van der Waals surface area contributed by atoms with Crippen LogP contribution in [0.2, 0.25) is 0 Å². The van der Waals surface area contributed by atoms with E-state index in [4.69, 9.17) is 0 Å². The third-order valence-corrected chi connectivity index (χ3v) is 1.16. The Morgan fingerprint density at radius 2 is 2.56 bits per heavy atom. The summed E-state index contributed by atoms with van der Waals surface area (Å²) in [5, 5.41) is 3.83. The summed E-state index contributed by atoms with van der Waals surface area (Å²) >= 11 is 0. The highest BCUT2D eigenvalue weighted by molar-refractivity contribution is 4.52. The number of nitrogens with zero attached hydrogens (tertiary/aromatic N) is 3. The van der Waals surface area contributed by atoms with Crippen LogP contribution < -0.4 is 0 Å². The minimum Gasteiger partial charge on any atom is -0.252 e. The summed E-state index contributed by atoms with van der Waals surface area (Å²) in [7, 11) is 0. The summed E-state index contributed by atoms with van der Waals surface area (Å²) in [5.41, 5.74) is 0. The summed E-state index contributed by atoms with van der Waals surface area (Å²) in [5.74, 6) is 0. The van der Waals surface area contributed by atoms with Gasteiger partial charge in [0.25, 0.3) is 0 Å². The van der Waals surface area contributed by atoms with Crippen LogP contribution in [0.4, 0.5) is 0 Å². The van der Waals surface area contributed by atoms with Crippen molar-refractivity contribution in [3.8, 4) is 0 Å². The Morgan fingerprint density at radius 3 is 3.11 bits per heavy atom. The van der Waals surface area contributed by atoms with Crippen LogP contribution in [0.5, 0.6) is 0 Å².